The molecule has 6 heteroatoms. The predicted octanol–water partition coefficient (Wildman–Crippen LogP) is 4.49. The Hall–Kier alpha value is -3.93. The number of benzene rings is 3. The number of anilines is 1. The lowest BCUT2D eigenvalue weighted by molar-refractivity contribution is 0.0947. The van der Waals surface area contributed by atoms with Crippen LogP contribution in [0, 0.1) is 5.82 Å². The zero-order valence-corrected chi connectivity index (χ0v) is 15.4. The second kappa shape index (κ2) is 7.98. The predicted molar refractivity (Wildman–Crippen MR) is 110 cm³/mol. The van der Waals surface area contributed by atoms with E-state index >= 15 is 0 Å². The Balaban J connectivity index is 1.66. The number of amides is 2. The molecule has 2 amide bonds. The first-order valence-electron chi connectivity index (χ1n) is 9.11. The number of fused-ring (bicyclic) bond motifs is 1. The molecule has 0 unspecified atom stereocenters. The van der Waals surface area contributed by atoms with Crippen LogP contribution in [0.5, 0.6) is 0 Å². The number of aromatic amines is 1. The first-order chi connectivity index (χ1) is 14.1. The molecule has 1 aromatic heterocycles. The van der Waals surface area contributed by atoms with Crippen molar-refractivity contribution in [2.75, 3.05) is 5.32 Å². The molecule has 3 N–H and O–H groups in total. The smallest absolute Gasteiger partial charge is 0.270 e. The second-order valence-electron chi connectivity index (χ2n) is 6.55. The largest absolute Gasteiger partial charge is 0.349 e. The Labute approximate surface area is 166 Å². The monoisotopic (exact) mass is 387 g/mol. The summed E-state index contributed by atoms with van der Waals surface area (Å²) in [6.45, 7) is 0.329. The Morgan fingerprint density at radius 3 is 2.28 bits per heavy atom. The lowest BCUT2D eigenvalue weighted by Gasteiger charge is -2.09. The fourth-order valence-electron chi connectivity index (χ4n) is 3.11. The molecule has 0 aliphatic carbocycles. The lowest BCUT2D eigenvalue weighted by atomic mass is 10.1. The molecule has 1 heterocycles. The van der Waals surface area contributed by atoms with E-state index in [1.54, 1.807) is 30.3 Å². The molecule has 0 spiro atoms. The summed E-state index contributed by atoms with van der Waals surface area (Å²) < 4.78 is 13.8. The highest BCUT2D eigenvalue weighted by atomic mass is 19.1. The zero-order chi connectivity index (χ0) is 20.2. The SMILES string of the molecule is O=C(Nc1c(C(=O)NCc2ccccc2)[nH]c2ccc(F)cc12)c1ccccc1. The molecule has 0 aliphatic rings. The van der Waals surface area contributed by atoms with Crippen molar-refractivity contribution in [2.45, 2.75) is 6.54 Å². The van der Waals surface area contributed by atoms with Gasteiger partial charge in [0.2, 0.25) is 0 Å². The van der Waals surface area contributed by atoms with E-state index in [0.29, 0.717) is 23.0 Å². The minimum atomic E-state index is -0.456. The number of hydrogen-bond acceptors (Lipinski definition) is 2. The third-order valence-corrected chi connectivity index (χ3v) is 4.56. The van der Waals surface area contributed by atoms with Gasteiger partial charge in [-0.05, 0) is 35.9 Å². The summed E-state index contributed by atoms with van der Waals surface area (Å²) in [6, 6.07) is 22.2. The molecule has 4 aromatic rings. The Morgan fingerprint density at radius 2 is 1.55 bits per heavy atom. The standard InChI is InChI=1S/C23H18FN3O2/c24-17-11-12-19-18(13-17)20(27-22(28)16-9-5-2-6-10-16)21(26-19)23(29)25-14-15-7-3-1-4-8-15/h1-13,26H,14H2,(H,25,29)(H,27,28). The third-order valence-electron chi connectivity index (χ3n) is 4.56. The fourth-order valence-corrected chi connectivity index (χ4v) is 3.11. The van der Waals surface area contributed by atoms with E-state index in [4.69, 9.17) is 0 Å². The van der Waals surface area contributed by atoms with Crippen molar-refractivity contribution >= 4 is 28.4 Å². The van der Waals surface area contributed by atoms with Gasteiger partial charge in [0, 0.05) is 23.0 Å². The van der Waals surface area contributed by atoms with Crippen molar-refractivity contribution in [3.8, 4) is 0 Å². The fraction of sp³-hybridized carbons (Fsp3) is 0.0435. The minimum absolute atomic E-state index is 0.172. The number of hydrogen-bond donors (Lipinski definition) is 3. The van der Waals surface area contributed by atoms with Crippen LogP contribution in [0.4, 0.5) is 10.1 Å². The highest BCUT2D eigenvalue weighted by Gasteiger charge is 2.20. The molecule has 29 heavy (non-hydrogen) atoms. The average Bonchev–Trinajstić information content (AvgIpc) is 3.11. The van der Waals surface area contributed by atoms with Crippen molar-refractivity contribution in [3.63, 3.8) is 0 Å². The van der Waals surface area contributed by atoms with E-state index < -0.39 is 11.7 Å². The third kappa shape index (κ3) is 4.01. The lowest BCUT2D eigenvalue weighted by Crippen LogP contribution is -2.25. The summed E-state index contributed by atoms with van der Waals surface area (Å²) in [7, 11) is 0. The van der Waals surface area contributed by atoms with Crippen LogP contribution in [-0.2, 0) is 6.54 Å². The van der Waals surface area contributed by atoms with Gasteiger partial charge in [-0.2, -0.15) is 0 Å². The number of aromatic nitrogens is 1. The van der Waals surface area contributed by atoms with Crippen LogP contribution in [0.1, 0.15) is 26.4 Å². The summed E-state index contributed by atoms with van der Waals surface area (Å²) in [6.07, 6.45) is 0. The minimum Gasteiger partial charge on any atom is -0.349 e. The molecule has 144 valence electrons. The van der Waals surface area contributed by atoms with Crippen LogP contribution in [0.2, 0.25) is 0 Å². The summed E-state index contributed by atoms with van der Waals surface area (Å²) in [5.41, 5.74) is 2.36. The molecular formula is C23H18FN3O2. The van der Waals surface area contributed by atoms with E-state index in [0.717, 1.165) is 5.56 Å². The van der Waals surface area contributed by atoms with E-state index in [9.17, 15) is 14.0 Å². The highest BCUT2D eigenvalue weighted by Crippen LogP contribution is 2.29. The molecule has 5 nitrogen and oxygen atoms in total. The zero-order valence-electron chi connectivity index (χ0n) is 15.4. The van der Waals surface area contributed by atoms with Crippen LogP contribution in [0.3, 0.4) is 0 Å². The summed E-state index contributed by atoms with van der Waals surface area (Å²) in [5, 5.41) is 6.02. The Morgan fingerprint density at radius 1 is 0.862 bits per heavy atom. The molecule has 0 atom stereocenters. The molecular weight excluding hydrogens is 369 g/mol. The normalized spacial score (nSPS) is 10.7. The highest BCUT2D eigenvalue weighted by molar-refractivity contribution is 6.15. The van der Waals surface area contributed by atoms with Gasteiger partial charge in [0.1, 0.15) is 11.5 Å². The van der Waals surface area contributed by atoms with Gasteiger partial charge in [-0.1, -0.05) is 48.5 Å². The van der Waals surface area contributed by atoms with Gasteiger partial charge in [0.25, 0.3) is 11.8 Å². The molecule has 0 saturated heterocycles. The van der Waals surface area contributed by atoms with Crippen molar-refractivity contribution in [1.82, 2.24) is 10.3 Å². The van der Waals surface area contributed by atoms with Crippen molar-refractivity contribution in [1.29, 1.82) is 0 Å². The van der Waals surface area contributed by atoms with E-state index in [2.05, 4.69) is 15.6 Å². The number of nitrogens with one attached hydrogen (secondary N) is 3. The van der Waals surface area contributed by atoms with Crippen LogP contribution in [0.25, 0.3) is 10.9 Å². The number of carbonyl (C=O) groups excluding carboxylic acids is 2. The first kappa shape index (κ1) is 18.4. The average molecular weight is 387 g/mol. The van der Waals surface area contributed by atoms with E-state index in [1.807, 2.05) is 30.3 Å². The van der Waals surface area contributed by atoms with Crippen LogP contribution < -0.4 is 10.6 Å². The Bertz CT molecular complexity index is 1170. The van der Waals surface area contributed by atoms with Crippen molar-refractivity contribution in [3.05, 3.63) is 102 Å². The van der Waals surface area contributed by atoms with Gasteiger partial charge >= 0.3 is 0 Å². The van der Waals surface area contributed by atoms with Gasteiger partial charge in [-0.15, -0.1) is 0 Å². The summed E-state index contributed by atoms with van der Waals surface area (Å²) >= 11 is 0. The molecule has 0 radical (unpaired) electrons. The van der Waals surface area contributed by atoms with Gasteiger partial charge in [0.15, 0.2) is 0 Å². The number of carbonyl (C=O) groups is 2. The summed E-state index contributed by atoms with van der Waals surface area (Å²) in [5.74, 6) is -1.23. The molecule has 0 saturated carbocycles. The van der Waals surface area contributed by atoms with E-state index in [-0.39, 0.29) is 17.3 Å². The first-order valence-corrected chi connectivity index (χ1v) is 9.11. The maximum Gasteiger partial charge on any atom is 0.270 e. The van der Waals surface area contributed by atoms with Gasteiger partial charge in [-0.3, -0.25) is 9.59 Å². The second-order valence-corrected chi connectivity index (χ2v) is 6.55. The van der Waals surface area contributed by atoms with Gasteiger partial charge in [0.05, 0.1) is 5.69 Å². The Kier molecular flexibility index (Phi) is 5.07. The molecule has 4 rings (SSSR count). The molecule has 0 aliphatic heterocycles. The topological polar surface area (TPSA) is 74.0 Å². The molecule has 0 fully saturated rings. The number of rotatable bonds is 5. The van der Waals surface area contributed by atoms with E-state index in [1.165, 1.54) is 18.2 Å². The molecule has 3 aromatic carbocycles. The van der Waals surface area contributed by atoms with Crippen LogP contribution >= 0.6 is 0 Å². The van der Waals surface area contributed by atoms with Gasteiger partial charge < -0.3 is 15.6 Å². The molecule has 0 bridgehead atoms. The number of H-pyrrole nitrogens is 1. The number of halogens is 1. The maximum atomic E-state index is 13.8. The van der Waals surface area contributed by atoms with Crippen molar-refractivity contribution in [2.24, 2.45) is 0 Å². The van der Waals surface area contributed by atoms with Crippen LogP contribution in [0.15, 0.2) is 78.9 Å². The van der Waals surface area contributed by atoms with Crippen molar-refractivity contribution < 1.29 is 14.0 Å². The van der Waals surface area contributed by atoms with Gasteiger partial charge in [-0.25, -0.2) is 4.39 Å². The quantitative estimate of drug-likeness (QED) is 0.472. The summed E-state index contributed by atoms with van der Waals surface area (Å²) in [4.78, 5) is 28.5. The maximum absolute atomic E-state index is 13.8. The van der Waals surface area contributed by atoms with Crippen LogP contribution in [-0.4, -0.2) is 16.8 Å².